The van der Waals surface area contributed by atoms with Gasteiger partial charge in [0.2, 0.25) is 0 Å². The van der Waals surface area contributed by atoms with E-state index in [0.29, 0.717) is 12.8 Å². The summed E-state index contributed by atoms with van der Waals surface area (Å²) >= 11 is 0. The Morgan fingerprint density at radius 3 is 2.60 bits per heavy atom. The second kappa shape index (κ2) is 5.51. The van der Waals surface area contributed by atoms with Crippen molar-refractivity contribution in [2.24, 2.45) is 11.3 Å². The summed E-state index contributed by atoms with van der Waals surface area (Å²) in [6.45, 7) is 3.49. The smallest absolute Gasteiger partial charge is 0.382 e. The van der Waals surface area contributed by atoms with E-state index in [4.69, 9.17) is 4.74 Å². The van der Waals surface area contributed by atoms with E-state index >= 15 is 0 Å². The Morgan fingerprint density at radius 1 is 1.40 bits per heavy atom. The molecule has 1 aromatic carbocycles. The quantitative estimate of drug-likeness (QED) is 0.602. The molecule has 0 saturated heterocycles. The molecule has 110 valence electrons. The van der Waals surface area contributed by atoms with Crippen LogP contribution in [0.25, 0.3) is 0 Å². The molecule has 0 bridgehead atoms. The number of ether oxygens (including phenoxy) is 1. The molecule has 1 aromatic rings. The van der Waals surface area contributed by atoms with E-state index in [1.54, 1.807) is 18.2 Å². The van der Waals surface area contributed by atoms with Crippen molar-refractivity contribution in [1.29, 1.82) is 0 Å². The summed E-state index contributed by atoms with van der Waals surface area (Å²) in [6, 6.07) is 8.02. The van der Waals surface area contributed by atoms with Crippen LogP contribution in [-0.4, -0.2) is 11.9 Å². The Balaban J connectivity index is 2.11. The molecule has 1 fully saturated rings. The molecule has 2 rings (SSSR count). The van der Waals surface area contributed by atoms with E-state index in [9.17, 15) is 13.6 Å². The van der Waals surface area contributed by atoms with Crippen molar-refractivity contribution in [3.63, 3.8) is 0 Å². The molecule has 1 aliphatic carbocycles. The van der Waals surface area contributed by atoms with Crippen LogP contribution in [0, 0.1) is 11.3 Å². The van der Waals surface area contributed by atoms with Gasteiger partial charge in [-0.1, -0.05) is 38.5 Å². The maximum absolute atomic E-state index is 14.4. The number of hydrogen-bond acceptors (Lipinski definition) is 2. The zero-order valence-corrected chi connectivity index (χ0v) is 11.9. The fraction of sp³-hybridized carbons (Fsp3) is 0.562. The number of para-hydroxylation sites is 1. The molecule has 1 aliphatic rings. The van der Waals surface area contributed by atoms with Gasteiger partial charge in [0.1, 0.15) is 5.75 Å². The van der Waals surface area contributed by atoms with Crippen molar-refractivity contribution in [3.05, 3.63) is 30.3 Å². The predicted molar refractivity (Wildman–Crippen MR) is 72.8 cm³/mol. The zero-order chi connectivity index (χ0) is 14.8. The van der Waals surface area contributed by atoms with E-state index in [1.165, 1.54) is 19.1 Å². The Bertz CT molecular complexity index is 473. The van der Waals surface area contributed by atoms with E-state index in [0.717, 1.165) is 12.8 Å². The summed E-state index contributed by atoms with van der Waals surface area (Å²) < 4.78 is 33.7. The Hall–Kier alpha value is -1.45. The highest BCUT2D eigenvalue weighted by Crippen LogP contribution is 2.52. The van der Waals surface area contributed by atoms with Gasteiger partial charge in [-0.2, -0.15) is 8.78 Å². The molecule has 0 aromatic heterocycles. The minimum Gasteiger partial charge on any atom is -0.422 e. The highest BCUT2D eigenvalue weighted by atomic mass is 19.3. The summed E-state index contributed by atoms with van der Waals surface area (Å²) in [6.07, 6.45) is 2.36. The zero-order valence-electron chi connectivity index (χ0n) is 11.9. The van der Waals surface area contributed by atoms with Crippen LogP contribution in [0.1, 0.15) is 39.5 Å². The van der Waals surface area contributed by atoms with Crippen LogP contribution in [-0.2, 0) is 4.79 Å². The number of carbonyl (C=O) groups excluding carboxylic acids is 1. The minimum absolute atomic E-state index is 0.158. The molecule has 2 atom stereocenters. The largest absolute Gasteiger partial charge is 0.422 e. The third kappa shape index (κ3) is 2.69. The van der Waals surface area contributed by atoms with E-state index < -0.39 is 17.3 Å². The molecule has 2 unspecified atom stereocenters. The lowest BCUT2D eigenvalue weighted by atomic mass is 9.80. The Kier molecular flexibility index (Phi) is 4.11. The average Bonchev–Trinajstić information content (AvgIpc) is 2.83. The number of halogens is 2. The number of esters is 1. The maximum atomic E-state index is 14.4. The fourth-order valence-electron chi connectivity index (χ4n) is 2.90. The fourth-order valence-corrected chi connectivity index (χ4v) is 2.90. The monoisotopic (exact) mass is 282 g/mol. The first kappa shape index (κ1) is 14.9. The van der Waals surface area contributed by atoms with Crippen molar-refractivity contribution in [2.45, 2.75) is 45.5 Å². The summed E-state index contributed by atoms with van der Waals surface area (Å²) in [5.74, 6) is -4.46. The third-order valence-corrected chi connectivity index (χ3v) is 4.39. The normalized spacial score (nSPS) is 26.5. The molecule has 0 N–H and O–H groups in total. The van der Waals surface area contributed by atoms with Crippen LogP contribution in [0.3, 0.4) is 0 Å². The number of rotatable bonds is 4. The second-order valence-corrected chi connectivity index (χ2v) is 5.85. The lowest BCUT2D eigenvalue weighted by Gasteiger charge is -2.32. The van der Waals surface area contributed by atoms with Gasteiger partial charge in [0, 0.05) is 5.41 Å². The van der Waals surface area contributed by atoms with Crippen LogP contribution in [0.5, 0.6) is 5.75 Å². The highest BCUT2D eigenvalue weighted by Gasteiger charge is 2.59. The maximum Gasteiger partial charge on any atom is 0.382 e. The Labute approximate surface area is 118 Å². The molecular formula is C16H20F2O2. The molecule has 1 saturated carbocycles. The molecule has 20 heavy (non-hydrogen) atoms. The van der Waals surface area contributed by atoms with Gasteiger partial charge in [-0.15, -0.1) is 0 Å². The Morgan fingerprint density at radius 2 is 2.05 bits per heavy atom. The topological polar surface area (TPSA) is 26.3 Å². The number of hydrogen-bond donors (Lipinski definition) is 0. The molecule has 0 aliphatic heterocycles. The van der Waals surface area contributed by atoms with Gasteiger partial charge in [0.15, 0.2) is 0 Å². The SMILES string of the molecule is CCC1CCC(C)(C(F)(F)C(=O)Oc2ccccc2)C1. The molecule has 4 heteroatoms. The van der Waals surface area contributed by atoms with Gasteiger partial charge in [0.25, 0.3) is 0 Å². The number of carbonyl (C=O) groups is 1. The molecular weight excluding hydrogens is 262 g/mol. The van der Waals surface area contributed by atoms with Gasteiger partial charge in [0.05, 0.1) is 0 Å². The lowest BCUT2D eigenvalue weighted by Crippen LogP contribution is -2.46. The van der Waals surface area contributed by atoms with Gasteiger partial charge < -0.3 is 4.74 Å². The summed E-state index contributed by atoms with van der Waals surface area (Å²) in [4.78, 5) is 11.8. The minimum atomic E-state index is -3.45. The molecule has 0 radical (unpaired) electrons. The van der Waals surface area contributed by atoms with Crippen LogP contribution < -0.4 is 4.74 Å². The first-order valence-electron chi connectivity index (χ1n) is 7.04. The van der Waals surface area contributed by atoms with Crippen molar-refractivity contribution < 1.29 is 18.3 Å². The predicted octanol–water partition coefficient (Wildman–Crippen LogP) is 4.44. The molecule has 0 spiro atoms. The number of benzene rings is 1. The molecule has 0 amide bonds. The van der Waals surface area contributed by atoms with E-state index in [-0.39, 0.29) is 11.7 Å². The standard InChI is InChI=1S/C16H20F2O2/c1-3-12-9-10-15(2,11-12)16(17,18)14(19)20-13-7-5-4-6-8-13/h4-8,12H,3,9-11H2,1-2H3. The summed E-state index contributed by atoms with van der Waals surface area (Å²) in [5.41, 5.74) is -1.29. The lowest BCUT2D eigenvalue weighted by molar-refractivity contribution is -0.182. The third-order valence-electron chi connectivity index (χ3n) is 4.39. The van der Waals surface area contributed by atoms with E-state index in [1.807, 2.05) is 6.92 Å². The van der Waals surface area contributed by atoms with Crippen LogP contribution in [0.15, 0.2) is 30.3 Å². The summed E-state index contributed by atoms with van der Waals surface area (Å²) in [7, 11) is 0. The van der Waals surface area contributed by atoms with Gasteiger partial charge in [-0.3, -0.25) is 0 Å². The summed E-state index contributed by atoms with van der Waals surface area (Å²) in [5, 5.41) is 0. The van der Waals surface area contributed by atoms with Gasteiger partial charge >= 0.3 is 11.9 Å². The van der Waals surface area contributed by atoms with Crippen LogP contribution in [0.4, 0.5) is 8.78 Å². The van der Waals surface area contributed by atoms with Crippen molar-refractivity contribution in [2.75, 3.05) is 0 Å². The second-order valence-electron chi connectivity index (χ2n) is 5.85. The van der Waals surface area contributed by atoms with Crippen LogP contribution >= 0.6 is 0 Å². The van der Waals surface area contributed by atoms with Crippen LogP contribution in [0.2, 0.25) is 0 Å². The molecule has 2 nitrogen and oxygen atoms in total. The van der Waals surface area contributed by atoms with E-state index in [2.05, 4.69) is 0 Å². The van der Waals surface area contributed by atoms with Crippen molar-refractivity contribution >= 4 is 5.97 Å². The highest BCUT2D eigenvalue weighted by molar-refractivity contribution is 5.81. The molecule has 0 heterocycles. The first-order valence-corrected chi connectivity index (χ1v) is 7.04. The number of alkyl halides is 2. The first-order chi connectivity index (χ1) is 9.39. The van der Waals surface area contributed by atoms with Crippen molar-refractivity contribution in [3.8, 4) is 5.75 Å². The average molecular weight is 282 g/mol. The van der Waals surface area contributed by atoms with Crippen molar-refractivity contribution in [1.82, 2.24) is 0 Å². The van der Waals surface area contributed by atoms with Gasteiger partial charge in [-0.05, 0) is 37.3 Å². The van der Waals surface area contributed by atoms with Gasteiger partial charge in [-0.25, -0.2) is 4.79 Å².